The van der Waals surface area contributed by atoms with E-state index in [1.807, 2.05) is 18.2 Å². The second-order valence-electron chi connectivity index (χ2n) is 7.89. The van der Waals surface area contributed by atoms with Crippen LogP contribution in [-0.4, -0.2) is 62.2 Å². The van der Waals surface area contributed by atoms with Crippen molar-refractivity contribution in [1.29, 1.82) is 0 Å². The van der Waals surface area contributed by atoms with Crippen molar-refractivity contribution in [2.45, 2.75) is 25.0 Å². The van der Waals surface area contributed by atoms with Gasteiger partial charge in [0.2, 0.25) is 0 Å². The fourth-order valence-electron chi connectivity index (χ4n) is 3.82. The van der Waals surface area contributed by atoms with Gasteiger partial charge in [0, 0.05) is 51.2 Å². The molecule has 1 heterocycles. The molecule has 2 aromatic rings. The summed E-state index contributed by atoms with van der Waals surface area (Å²) in [7, 11) is 2.21. The Morgan fingerprint density at radius 2 is 1.62 bits per heavy atom. The van der Waals surface area contributed by atoms with E-state index in [1.54, 1.807) is 0 Å². The topological polar surface area (TPSA) is 27.7 Å². The summed E-state index contributed by atoms with van der Waals surface area (Å²) in [6, 6.07) is 19.6. The second kappa shape index (κ2) is 11.8. The molecule has 2 atom stereocenters. The van der Waals surface area contributed by atoms with Crippen molar-refractivity contribution in [3.8, 4) is 5.75 Å². The zero-order valence-corrected chi connectivity index (χ0v) is 18.8. The van der Waals surface area contributed by atoms with Crippen molar-refractivity contribution in [3.63, 3.8) is 0 Å². The van der Waals surface area contributed by atoms with E-state index in [-0.39, 0.29) is 24.8 Å². The summed E-state index contributed by atoms with van der Waals surface area (Å²) in [6.07, 6.45) is 1.26. The maximum atomic E-state index is 5.89. The zero-order chi connectivity index (χ0) is 18.5. The number of rotatable bonds is 8. The highest BCUT2D eigenvalue weighted by Gasteiger charge is 2.37. The minimum absolute atomic E-state index is 0. The van der Waals surface area contributed by atoms with Crippen LogP contribution in [0.5, 0.6) is 5.75 Å². The molecule has 4 nitrogen and oxygen atoms in total. The molecule has 2 fully saturated rings. The summed E-state index contributed by atoms with van der Waals surface area (Å²) in [4.78, 5) is 4.98. The normalized spacial score (nSPS) is 21.7. The van der Waals surface area contributed by atoms with Crippen LogP contribution in [0.3, 0.4) is 0 Å². The van der Waals surface area contributed by atoms with Crippen LogP contribution >= 0.6 is 24.8 Å². The number of ether oxygens (including phenoxy) is 1. The van der Waals surface area contributed by atoms with E-state index in [9.17, 15) is 0 Å². The molecular weight excluding hydrogens is 405 g/mol. The van der Waals surface area contributed by atoms with E-state index in [1.165, 1.54) is 50.3 Å². The number of nitrogens with one attached hydrogen (secondary N) is 1. The Morgan fingerprint density at radius 3 is 2.31 bits per heavy atom. The van der Waals surface area contributed by atoms with Crippen LogP contribution in [0, 0.1) is 0 Å². The van der Waals surface area contributed by atoms with E-state index < -0.39 is 0 Å². The lowest BCUT2D eigenvalue weighted by molar-refractivity contribution is 0.154. The minimum atomic E-state index is 0. The molecule has 29 heavy (non-hydrogen) atoms. The van der Waals surface area contributed by atoms with Gasteiger partial charge in [0.25, 0.3) is 0 Å². The van der Waals surface area contributed by atoms with Crippen LogP contribution < -0.4 is 10.1 Å². The number of nitrogens with zero attached hydrogens (tertiary/aromatic N) is 2. The molecular formula is C23H33Cl2N3O. The van der Waals surface area contributed by atoms with Gasteiger partial charge in [-0.3, -0.25) is 4.90 Å². The van der Waals surface area contributed by atoms with Crippen LogP contribution in [0.15, 0.2) is 54.6 Å². The molecule has 1 saturated heterocycles. The lowest BCUT2D eigenvalue weighted by atomic mass is 10.1. The van der Waals surface area contributed by atoms with Gasteiger partial charge in [-0.15, -0.1) is 24.8 Å². The van der Waals surface area contributed by atoms with Crippen LogP contribution in [0.25, 0.3) is 0 Å². The fraction of sp³-hybridized carbons (Fsp3) is 0.478. The molecule has 0 aromatic heterocycles. The fourth-order valence-corrected chi connectivity index (χ4v) is 3.82. The molecule has 2 aliphatic rings. The third kappa shape index (κ3) is 7.16. The minimum Gasteiger partial charge on any atom is -0.489 e. The van der Waals surface area contributed by atoms with Crippen LogP contribution in [-0.2, 0) is 6.61 Å². The number of hydrogen-bond acceptors (Lipinski definition) is 4. The molecule has 160 valence electrons. The van der Waals surface area contributed by atoms with E-state index in [2.05, 4.69) is 58.6 Å². The number of benzene rings is 2. The number of likely N-dealkylation sites (N-methyl/N-ethyl adjacent to an activating group) is 1. The maximum absolute atomic E-state index is 5.89. The van der Waals surface area contributed by atoms with Crippen LogP contribution in [0.2, 0.25) is 0 Å². The van der Waals surface area contributed by atoms with Gasteiger partial charge < -0.3 is 15.0 Å². The average molecular weight is 438 g/mol. The quantitative estimate of drug-likeness (QED) is 0.679. The highest BCUT2D eigenvalue weighted by atomic mass is 35.5. The summed E-state index contributed by atoms with van der Waals surface area (Å²) in [5.74, 6) is 1.61. The first-order valence-corrected chi connectivity index (χ1v) is 10.2. The van der Waals surface area contributed by atoms with Crippen molar-refractivity contribution < 1.29 is 4.74 Å². The standard InChI is InChI=1S/C23H31N3O.2ClH/c1-25-13-15-26(16-14-25)12-11-24-23-17-22(23)20-7-9-21(10-8-20)27-18-19-5-3-2-4-6-19;;/h2-10,22-24H,11-18H2,1H3;2*1H/t22?,23-;;/m0../s1. The number of piperazine rings is 1. The molecule has 0 amide bonds. The summed E-state index contributed by atoms with van der Waals surface area (Å²) < 4.78 is 5.89. The van der Waals surface area contributed by atoms with Crippen LogP contribution in [0.4, 0.5) is 0 Å². The zero-order valence-electron chi connectivity index (χ0n) is 17.1. The summed E-state index contributed by atoms with van der Waals surface area (Å²) in [5, 5.41) is 3.74. The van der Waals surface area contributed by atoms with Gasteiger partial charge >= 0.3 is 0 Å². The lowest BCUT2D eigenvalue weighted by Crippen LogP contribution is -2.46. The molecule has 6 heteroatoms. The molecule has 4 rings (SSSR count). The Labute approximate surface area is 187 Å². The molecule has 0 radical (unpaired) electrons. The molecule has 1 aliphatic heterocycles. The Hall–Kier alpha value is -1.30. The molecule has 0 bridgehead atoms. The molecule has 1 saturated carbocycles. The lowest BCUT2D eigenvalue weighted by Gasteiger charge is -2.32. The highest BCUT2D eigenvalue weighted by Crippen LogP contribution is 2.41. The first-order valence-electron chi connectivity index (χ1n) is 10.2. The second-order valence-corrected chi connectivity index (χ2v) is 7.89. The summed E-state index contributed by atoms with van der Waals surface area (Å²) >= 11 is 0. The van der Waals surface area contributed by atoms with Crippen LogP contribution in [0.1, 0.15) is 23.5 Å². The Kier molecular flexibility index (Phi) is 9.73. The largest absolute Gasteiger partial charge is 0.489 e. The van der Waals surface area contributed by atoms with Crippen molar-refractivity contribution in [2.75, 3.05) is 46.3 Å². The third-order valence-corrected chi connectivity index (χ3v) is 5.78. The molecule has 0 spiro atoms. The monoisotopic (exact) mass is 437 g/mol. The van der Waals surface area contributed by atoms with Gasteiger partial charge in [0.05, 0.1) is 0 Å². The molecule has 1 unspecified atom stereocenters. The van der Waals surface area contributed by atoms with Gasteiger partial charge in [-0.1, -0.05) is 42.5 Å². The molecule has 1 N–H and O–H groups in total. The average Bonchev–Trinajstić information content (AvgIpc) is 3.49. The van der Waals surface area contributed by atoms with Crippen molar-refractivity contribution in [1.82, 2.24) is 15.1 Å². The Bertz CT molecular complexity index is 706. The van der Waals surface area contributed by atoms with Crippen molar-refractivity contribution >= 4 is 24.8 Å². The summed E-state index contributed by atoms with van der Waals surface area (Å²) in [6.45, 7) is 7.70. The smallest absolute Gasteiger partial charge is 0.119 e. The SMILES string of the molecule is CN1CCN(CCN[C@H]2CC2c2ccc(OCc3ccccc3)cc2)CC1.Cl.Cl. The summed E-state index contributed by atoms with van der Waals surface area (Å²) in [5.41, 5.74) is 2.63. The maximum Gasteiger partial charge on any atom is 0.119 e. The predicted molar refractivity (Wildman–Crippen MR) is 125 cm³/mol. The molecule has 2 aromatic carbocycles. The van der Waals surface area contributed by atoms with E-state index in [0.29, 0.717) is 18.6 Å². The van der Waals surface area contributed by atoms with Gasteiger partial charge in [-0.25, -0.2) is 0 Å². The number of halogens is 2. The first kappa shape index (κ1) is 24.0. The van der Waals surface area contributed by atoms with Gasteiger partial charge in [-0.2, -0.15) is 0 Å². The van der Waals surface area contributed by atoms with Gasteiger partial charge in [0.15, 0.2) is 0 Å². The Morgan fingerprint density at radius 1 is 0.931 bits per heavy atom. The third-order valence-electron chi connectivity index (χ3n) is 5.78. The van der Waals surface area contributed by atoms with E-state index in [4.69, 9.17) is 4.74 Å². The van der Waals surface area contributed by atoms with E-state index in [0.717, 1.165) is 12.3 Å². The number of hydrogen-bond donors (Lipinski definition) is 1. The first-order chi connectivity index (χ1) is 13.3. The van der Waals surface area contributed by atoms with Gasteiger partial charge in [-0.05, 0) is 36.7 Å². The van der Waals surface area contributed by atoms with Crippen molar-refractivity contribution in [3.05, 3.63) is 65.7 Å². The highest BCUT2D eigenvalue weighted by molar-refractivity contribution is 5.85. The van der Waals surface area contributed by atoms with Crippen molar-refractivity contribution in [2.24, 2.45) is 0 Å². The van der Waals surface area contributed by atoms with E-state index >= 15 is 0 Å². The van der Waals surface area contributed by atoms with Gasteiger partial charge in [0.1, 0.15) is 12.4 Å². The predicted octanol–water partition coefficient (Wildman–Crippen LogP) is 3.80. The molecule has 1 aliphatic carbocycles. The Balaban J connectivity index is 0.00000150.